The second-order valence-electron chi connectivity index (χ2n) is 1.96. The molecule has 0 amide bonds. The van der Waals surface area contributed by atoms with Crippen molar-refractivity contribution in [2.75, 3.05) is 0 Å². The SMILES string of the molecule is C#N.c1ccc2occc2c1. The molecule has 0 saturated carbocycles. The Labute approximate surface area is 64.7 Å². The Kier molecular flexibility index (Phi) is 2.29. The minimum atomic E-state index is 0.956. The Morgan fingerprint density at radius 1 is 1.09 bits per heavy atom. The van der Waals surface area contributed by atoms with Crippen molar-refractivity contribution in [1.29, 1.82) is 5.26 Å². The van der Waals surface area contributed by atoms with Crippen LogP contribution in [0.5, 0.6) is 0 Å². The third kappa shape index (κ3) is 1.39. The number of nitriles is 1. The van der Waals surface area contributed by atoms with E-state index in [1.54, 1.807) is 6.26 Å². The first kappa shape index (κ1) is 7.36. The van der Waals surface area contributed by atoms with Gasteiger partial charge in [-0.25, -0.2) is 5.26 Å². The maximum atomic E-state index is 6.50. The van der Waals surface area contributed by atoms with Gasteiger partial charge in [-0.05, 0) is 12.1 Å². The summed E-state index contributed by atoms with van der Waals surface area (Å²) in [5.74, 6) is 0. The average Bonchev–Trinajstić information content (AvgIpc) is 2.55. The van der Waals surface area contributed by atoms with Crippen LogP contribution in [0.15, 0.2) is 41.0 Å². The molecular formula is C9H7NO. The second-order valence-corrected chi connectivity index (χ2v) is 1.96. The lowest BCUT2D eigenvalue weighted by Gasteiger charge is -1.81. The quantitative estimate of drug-likeness (QED) is 0.571. The molecule has 1 aromatic carbocycles. The normalized spacial score (nSPS) is 8.55. The Morgan fingerprint density at radius 3 is 2.55 bits per heavy atom. The van der Waals surface area contributed by atoms with Crippen molar-refractivity contribution >= 4 is 11.0 Å². The van der Waals surface area contributed by atoms with E-state index in [0.29, 0.717) is 0 Å². The molecule has 0 aliphatic carbocycles. The highest BCUT2D eigenvalue weighted by atomic mass is 16.3. The molecule has 1 aromatic heterocycles. The monoisotopic (exact) mass is 145 g/mol. The summed E-state index contributed by atoms with van der Waals surface area (Å²) >= 11 is 0. The van der Waals surface area contributed by atoms with Crippen molar-refractivity contribution in [2.24, 2.45) is 0 Å². The number of hydrogen-bond donors (Lipinski definition) is 0. The molecule has 0 atom stereocenters. The standard InChI is InChI=1S/C8H6O.CHN/c1-2-4-8-7(3-1)5-6-9-8;1-2/h1-6H;1H. The lowest BCUT2D eigenvalue weighted by molar-refractivity contribution is 0.616. The Balaban J connectivity index is 0.000000281. The highest BCUT2D eigenvalue weighted by Crippen LogP contribution is 2.12. The smallest absolute Gasteiger partial charge is 0.133 e. The molecule has 2 aromatic rings. The van der Waals surface area contributed by atoms with Crippen molar-refractivity contribution in [1.82, 2.24) is 0 Å². The van der Waals surface area contributed by atoms with Gasteiger partial charge in [0.05, 0.1) is 6.26 Å². The van der Waals surface area contributed by atoms with Gasteiger partial charge in [-0.2, -0.15) is 0 Å². The molecule has 11 heavy (non-hydrogen) atoms. The predicted molar refractivity (Wildman–Crippen MR) is 42.9 cm³/mol. The summed E-state index contributed by atoms with van der Waals surface area (Å²) in [7, 11) is 0. The van der Waals surface area contributed by atoms with Gasteiger partial charge in [-0.1, -0.05) is 18.2 Å². The predicted octanol–water partition coefficient (Wildman–Crippen LogP) is 2.57. The van der Waals surface area contributed by atoms with Gasteiger partial charge in [0, 0.05) is 12.0 Å². The van der Waals surface area contributed by atoms with Gasteiger partial charge in [-0.15, -0.1) is 0 Å². The number of furan rings is 1. The van der Waals surface area contributed by atoms with E-state index in [1.165, 1.54) is 0 Å². The molecule has 2 nitrogen and oxygen atoms in total. The van der Waals surface area contributed by atoms with E-state index in [1.807, 2.05) is 30.3 Å². The summed E-state index contributed by atoms with van der Waals surface area (Å²) in [6.07, 6.45) is 1.70. The summed E-state index contributed by atoms with van der Waals surface area (Å²) in [5, 5.41) is 7.66. The van der Waals surface area contributed by atoms with E-state index in [2.05, 4.69) is 6.57 Å². The van der Waals surface area contributed by atoms with Crippen LogP contribution in [-0.2, 0) is 0 Å². The molecule has 2 heteroatoms. The lowest BCUT2D eigenvalue weighted by Crippen LogP contribution is -1.57. The molecule has 1 heterocycles. The maximum absolute atomic E-state index is 6.50. The fourth-order valence-electron chi connectivity index (χ4n) is 0.906. The zero-order valence-corrected chi connectivity index (χ0v) is 5.90. The number of benzene rings is 1. The highest BCUT2D eigenvalue weighted by Gasteiger charge is 1.89. The Hall–Kier alpha value is -1.75. The van der Waals surface area contributed by atoms with Gasteiger partial charge in [0.15, 0.2) is 0 Å². The molecule has 0 spiro atoms. The topological polar surface area (TPSA) is 36.9 Å². The highest BCUT2D eigenvalue weighted by molar-refractivity contribution is 5.76. The molecule has 0 aliphatic heterocycles. The Morgan fingerprint density at radius 2 is 1.82 bits per heavy atom. The third-order valence-electron chi connectivity index (χ3n) is 1.36. The van der Waals surface area contributed by atoms with E-state index < -0.39 is 0 Å². The van der Waals surface area contributed by atoms with Gasteiger partial charge >= 0.3 is 0 Å². The first-order valence-corrected chi connectivity index (χ1v) is 3.15. The maximum Gasteiger partial charge on any atom is 0.133 e. The van der Waals surface area contributed by atoms with Gasteiger partial charge in [0.1, 0.15) is 5.58 Å². The van der Waals surface area contributed by atoms with E-state index in [4.69, 9.17) is 9.68 Å². The molecule has 0 fully saturated rings. The van der Waals surface area contributed by atoms with Crippen molar-refractivity contribution in [2.45, 2.75) is 0 Å². The second kappa shape index (κ2) is 3.43. The van der Waals surface area contributed by atoms with Crippen LogP contribution in [0.2, 0.25) is 0 Å². The molecule has 2 rings (SSSR count). The van der Waals surface area contributed by atoms with Gasteiger partial charge in [0.25, 0.3) is 0 Å². The molecular weight excluding hydrogens is 138 g/mol. The van der Waals surface area contributed by atoms with E-state index in [-0.39, 0.29) is 0 Å². The van der Waals surface area contributed by atoms with Gasteiger partial charge < -0.3 is 4.42 Å². The molecule has 0 radical (unpaired) electrons. The van der Waals surface area contributed by atoms with Crippen LogP contribution in [0.3, 0.4) is 0 Å². The molecule has 0 N–H and O–H groups in total. The van der Waals surface area contributed by atoms with Gasteiger partial charge in [-0.3, -0.25) is 0 Å². The average molecular weight is 145 g/mol. The molecule has 0 saturated heterocycles. The fourth-order valence-corrected chi connectivity index (χ4v) is 0.906. The molecule has 0 bridgehead atoms. The third-order valence-corrected chi connectivity index (χ3v) is 1.36. The zero-order chi connectivity index (χ0) is 8.10. The van der Waals surface area contributed by atoms with Crippen LogP contribution in [0.25, 0.3) is 11.0 Å². The van der Waals surface area contributed by atoms with E-state index in [9.17, 15) is 0 Å². The summed E-state index contributed by atoms with van der Waals surface area (Å²) in [5.41, 5.74) is 0.956. The van der Waals surface area contributed by atoms with E-state index >= 15 is 0 Å². The van der Waals surface area contributed by atoms with E-state index in [0.717, 1.165) is 11.0 Å². The fraction of sp³-hybridized carbons (Fsp3) is 0. The number of rotatable bonds is 0. The van der Waals surface area contributed by atoms with Crippen molar-refractivity contribution in [3.05, 3.63) is 36.6 Å². The first-order valence-electron chi connectivity index (χ1n) is 3.15. The largest absolute Gasteiger partial charge is 0.464 e. The zero-order valence-electron chi connectivity index (χ0n) is 5.90. The van der Waals surface area contributed by atoms with Gasteiger partial charge in [0.2, 0.25) is 0 Å². The summed E-state index contributed by atoms with van der Waals surface area (Å²) in [4.78, 5) is 0. The lowest BCUT2D eigenvalue weighted by atomic mass is 10.3. The minimum Gasteiger partial charge on any atom is -0.464 e. The molecule has 54 valence electrons. The number of hydrogen-bond acceptors (Lipinski definition) is 2. The summed E-state index contributed by atoms with van der Waals surface area (Å²) in [6, 6.07) is 9.90. The minimum absolute atomic E-state index is 0.956. The van der Waals surface area contributed by atoms with Crippen LogP contribution in [0, 0.1) is 11.8 Å². The molecule has 0 aliphatic rings. The van der Waals surface area contributed by atoms with Crippen molar-refractivity contribution < 1.29 is 4.42 Å². The summed E-state index contributed by atoms with van der Waals surface area (Å²) < 4.78 is 5.12. The Bertz CT molecular complexity index is 318. The number of para-hydroxylation sites is 1. The molecule has 0 unspecified atom stereocenters. The van der Waals surface area contributed by atoms with Crippen LogP contribution in [0.1, 0.15) is 0 Å². The van der Waals surface area contributed by atoms with Crippen molar-refractivity contribution in [3.8, 4) is 6.57 Å². The number of fused-ring (bicyclic) bond motifs is 1. The first-order chi connectivity index (χ1) is 5.47. The van der Waals surface area contributed by atoms with Crippen molar-refractivity contribution in [3.63, 3.8) is 0 Å². The van der Waals surface area contributed by atoms with Crippen LogP contribution in [0.4, 0.5) is 0 Å². The van der Waals surface area contributed by atoms with Crippen LogP contribution >= 0.6 is 0 Å². The number of nitrogens with zero attached hydrogens (tertiary/aromatic N) is 1. The van der Waals surface area contributed by atoms with Crippen LogP contribution < -0.4 is 0 Å². The van der Waals surface area contributed by atoms with Crippen LogP contribution in [-0.4, -0.2) is 0 Å². The summed E-state index contributed by atoms with van der Waals surface area (Å²) in [6.45, 7) is 3.50.